The van der Waals surface area contributed by atoms with E-state index in [0.29, 0.717) is 15.6 Å². The summed E-state index contributed by atoms with van der Waals surface area (Å²) in [5.41, 5.74) is 0.0205. The molecule has 0 atom stereocenters. The summed E-state index contributed by atoms with van der Waals surface area (Å²) in [6.07, 6.45) is 0. The lowest BCUT2D eigenvalue weighted by molar-refractivity contribution is 0.0691. The third kappa shape index (κ3) is 2.16. The first-order valence-electron chi connectivity index (χ1n) is 4.71. The molecule has 0 saturated carbocycles. The maximum absolute atomic E-state index is 10.9. The van der Waals surface area contributed by atoms with Crippen molar-refractivity contribution in [2.24, 2.45) is 0 Å². The van der Waals surface area contributed by atoms with Crippen LogP contribution in [-0.4, -0.2) is 21.0 Å². The lowest BCUT2D eigenvalue weighted by atomic mass is 10.2. The van der Waals surface area contributed by atoms with E-state index in [-0.39, 0.29) is 17.2 Å². The average Bonchev–Trinajstić information content (AvgIpc) is 2.73. The molecule has 0 bridgehead atoms. The fourth-order valence-corrected chi connectivity index (χ4v) is 1.92. The summed E-state index contributed by atoms with van der Waals surface area (Å²) in [5, 5.41) is 18.5. The molecule has 7 heteroatoms. The zero-order valence-corrected chi connectivity index (χ0v) is 10.2. The topological polar surface area (TPSA) is 89.8 Å². The number of imidazole rings is 1. The van der Waals surface area contributed by atoms with Crippen molar-refractivity contribution in [3.63, 3.8) is 0 Å². The highest BCUT2D eigenvalue weighted by molar-refractivity contribution is 6.36. The van der Waals surface area contributed by atoms with Crippen LogP contribution in [0.25, 0.3) is 11.4 Å². The van der Waals surface area contributed by atoms with Crippen LogP contribution < -0.4 is 0 Å². The monoisotopic (exact) mass is 281 g/mol. The van der Waals surface area contributed by atoms with Crippen LogP contribution in [0.1, 0.15) is 16.2 Å². The predicted octanol–water partition coefficient (Wildman–Crippen LogP) is 2.95. The van der Waals surface area contributed by atoms with Crippen LogP contribution in [0.2, 0.25) is 10.0 Å². The molecule has 0 amide bonds. The molecule has 2 rings (SSSR count). The highest BCUT2D eigenvalue weighted by Crippen LogP contribution is 2.29. The third-order valence-electron chi connectivity index (χ3n) is 2.21. The maximum atomic E-state index is 10.9. The molecule has 1 aromatic carbocycles. The molecule has 5 nitrogen and oxygen atoms in total. The molecule has 2 N–H and O–H groups in total. The molecule has 18 heavy (non-hydrogen) atoms. The number of aromatic carboxylic acids is 1. The number of aromatic amines is 1. The summed E-state index contributed by atoms with van der Waals surface area (Å²) >= 11 is 11.7. The van der Waals surface area contributed by atoms with Gasteiger partial charge in [-0.1, -0.05) is 23.2 Å². The van der Waals surface area contributed by atoms with Crippen molar-refractivity contribution < 1.29 is 9.90 Å². The van der Waals surface area contributed by atoms with E-state index in [1.54, 1.807) is 18.2 Å². The van der Waals surface area contributed by atoms with Gasteiger partial charge in [-0.05, 0) is 18.2 Å². The van der Waals surface area contributed by atoms with E-state index in [1.807, 2.05) is 0 Å². The predicted molar refractivity (Wildman–Crippen MR) is 65.7 cm³/mol. The minimum Gasteiger partial charge on any atom is -0.476 e. The van der Waals surface area contributed by atoms with Gasteiger partial charge in [0.15, 0.2) is 11.4 Å². The number of carboxylic acid groups (broad SMARTS) is 1. The molecular weight excluding hydrogens is 277 g/mol. The van der Waals surface area contributed by atoms with E-state index >= 15 is 0 Å². The van der Waals surface area contributed by atoms with E-state index in [4.69, 9.17) is 33.6 Å². The van der Waals surface area contributed by atoms with Gasteiger partial charge >= 0.3 is 5.97 Å². The summed E-state index contributed by atoms with van der Waals surface area (Å²) in [4.78, 5) is 17.3. The Morgan fingerprint density at radius 1 is 1.44 bits per heavy atom. The second-order valence-corrected chi connectivity index (χ2v) is 4.19. The number of halogens is 2. The number of nitriles is 1. The van der Waals surface area contributed by atoms with Gasteiger partial charge in [-0.15, -0.1) is 0 Å². The lowest BCUT2D eigenvalue weighted by Gasteiger charge is -2.00. The molecule has 0 fully saturated rings. The first-order valence-corrected chi connectivity index (χ1v) is 5.47. The van der Waals surface area contributed by atoms with Crippen LogP contribution in [0.5, 0.6) is 0 Å². The van der Waals surface area contributed by atoms with Crippen LogP contribution in [0.15, 0.2) is 18.2 Å². The quantitative estimate of drug-likeness (QED) is 0.886. The molecule has 0 spiro atoms. The molecule has 1 aromatic heterocycles. The molecule has 0 aliphatic heterocycles. The number of hydrogen-bond acceptors (Lipinski definition) is 3. The Hall–Kier alpha value is -2.03. The number of rotatable bonds is 2. The first kappa shape index (κ1) is 12.4. The summed E-state index contributed by atoms with van der Waals surface area (Å²) in [7, 11) is 0. The van der Waals surface area contributed by atoms with Crippen molar-refractivity contribution in [3.8, 4) is 17.5 Å². The van der Waals surface area contributed by atoms with Crippen molar-refractivity contribution in [1.29, 1.82) is 5.26 Å². The fraction of sp³-hybridized carbons (Fsp3) is 0. The van der Waals surface area contributed by atoms with Gasteiger partial charge in [-0.2, -0.15) is 5.26 Å². The van der Waals surface area contributed by atoms with Crippen molar-refractivity contribution in [2.75, 3.05) is 0 Å². The van der Waals surface area contributed by atoms with Gasteiger partial charge in [0, 0.05) is 10.6 Å². The molecule has 90 valence electrons. The average molecular weight is 282 g/mol. The summed E-state index contributed by atoms with van der Waals surface area (Å²) in [5.74, 6) is -1.04. The molecule has 0 saturated heterocycles. The minimum atomic E-state index is -1.25. The minimum absolute atomic E-state index is 0.191. The van der Waals surface area contributed by atoms with Crippen LogP contribution in [0.4, 0.5) is 0 Å². The Bertz CT molecular complexity index is 673. The standard InChI is InChI=1S/C11H5Cl2N3O2/c12-5-1-2-6(7(13)3-5)10-15-8(4-14)9(16-10)11(17)18/h1-3H,(H,15,16)(H,17,18). The summed E-state index contributed by atoms with van der Waals surface area (Å²) < 4.78 is 0. The molecule has 1 heterocycles. The van der Waals surface area contributed by atoms with Crippen molar-refractivity contribution in [2.45, 2.75) is 0 Å². The van der Waals surface area contributed by atoms with Crippen molar-refractivity contribution in [3.05, 3.63) is 39.6 Å². The van der Waals surface area contributed by atoms with E-state index in [2.05, 4.69) is 9.97 Å². The number of hydrogen-bond donors (Lipinski definition) is 2. The maximum Gasteiger partial charge on any atom is 0.355 e. The van der Waals surface area contributed by atoms with E-state index in [0.717, 1.165) is 0 Å². The number of nitrogens with zero attached hydrogens (tertiary/aromatic N) is 2. The zero-order valence-electron chi connectivity index (χ0n) is 8.74. The SMILES string of the molecule is N#Cc1nc(-c2ccc(Cl)cc2Cl)[nH]c1C(=O)O. The van der Waals surface area contributed by atoms with Crippen LogP contribution in [-0.2, 0) is 0 Å². The molecule has 0 radical (unpaired) electrons. The Kier molecular flexibility index (Phi) is 3.24. The van der Waals surface area contributed by atoms with Gasteiger partial charge in [-0.25, -0.2) is 9.78 Å². The normalized spacial score (nSPS) is 10.1. The van der Waals surface area contributed by atoms with Crippen molar-refractivity contribution in [1.82, 2.24) is 9.97 Å². The van der Waals surface area contributed by atoms with Crippen LogP contribution >= 0.6 is 23.2 Å². The number of aromatic nitrogens is 2. The molecule has 0 unspecified atom stereocenters. The number of carboxylic acids is 1. The van der Waals surface area contributed by atoms with Gasteiger partial charge < -0.3 is 10.1 Å². The second-order valence-electron chi connectivity index (χ2n) is 3.35. The highest BCUT2D eigenvalue weighted by atomic mass is 35.5. The van der Waals surface area contributed by atoms with Crippen LogP contribution in [0, 0.1) is 11.3 Å². The van der Waals surface area contributed by atoms with E-state index < -0.39 is 5.97 Å². The molecule has 0 aliphatic carbocycles. The van der Waals surface area contributed by atoms with Gasteiger partial charge in [0.1, 0.15) is 11.9 Å². The Labute approximate surface area is 112 Å². The molecule has 0 aliphatic rings. The van der Waals surface area contributed by atoms with Gasteiger partial charge in [0.2, 0.25) is 0 Å². The highest BCUT2D eigenvalue weighted by Gasteiger charge is 2.18. The Balaban J connectivity index is 2.59. The molecule has 2 aromatic rings. The van der Waals surface area contributed by atoms with Gasteiger partial charge in [0.05, 0.1) is 5.02 Å². The van der Waals surface area contributed by atoms with Crippen LogP contribution in [0.3, 0.4) is 0 Å². The number of H-pyrrole nitrogens is 1. The Morgan fingerprint density at radius 3 is 2.67 bits per heavy atom. The number of benzene rings is 1. The van der Waals surface area contributed by atoms with Crippen molar-refractivity contribution >= 4 is 29.2 Å². The largest absolute Gasteiger partial charge is 0.476 e. The first-order chi connectivity index (χ1) is 8.52. The molecular formula is C11H5Cl2N3O2. The second kappa shape index (κ2) is 4.69. The van der Waals surface area contributed by atoms with E-state index in [1.165, 1.54) is 6.07 Å². The van der Waals surface area contributed by atoms with Gasteiger partial charge in [-0.3, -0.25) is 0 Å². The summed E-state index contributed by atoms with van der Waals surface area (Å²) in [6, 6.07) is 6.40. The number of carbonyl (C=O) groups is 1. The zero-order chi connectivity index (χ0) is 13.3. The Morgan fingerprint density at radius 2 is 2.17 bits per heavy atom. The van der Waals surface area contributed by atoms with E-state index in [9.17, 15) is 4.79 Å². The lowest BCUT2D eigenvalue weighted by Crippen LogP contribution is -1.99. The summed E-state index contributed by atoms with van der Waals surface area (Å²) in [6.45, 7) is 0. The van der Waals surface area contributed by atoms with Gasteiger partial charge in [0.25, 0.3) is 0 Å². The smallest absolute Gasteiger partial charge is 0.355 e. The fourth-order valence-electron chi connectivity index (χ4n) is 1.42. The third-order valence-corrected chi connectivity index (χ3v) is 2.76. The number of nitrogens with one attached hydrogen (secondary N) is 1.